The molecule has 0 radical (unpaired) electrons. The molecule has 1 saturated carbocycles. The van der Waals surface area contributed by atoms with Crippen LogP contribution in [0.15, 0.2) is 0 Å². The lowest BCUT2D eigenvalue weighted by Crippen LogP contribution is -2.35. The Morgan fingerprint density at radius 3 is 2.64 bits per heavy atom. The van der Waals surface area contributed by atoms with Crippen LogP contribution in [-0.2, 0) is 0 Å². The van der Waals surface area contributed by atoms with Crippen LogP contribution < -0.4 is 0 Å². The van der Waals surface area contributed by atoms with Gasteiger partial charge in [-0.3, -0.25) is 0 Å². The summed E-state index contributed by atoms with van der Waals surface area (Å²) in [6.45, 7) is 2.34. The van der Waals surface area contributed by atoms with Gasteiger partial charge in [0, 0.05) is 5.25 Å². The Morgan fingerprint density at radius 1 is 1.36 bits per heavy atom. The molecule has 1 N–H and O–H groups in total. The van der Waals surface area contributed by atoms with Gasteiger partial charge in [-0.25, -0.2) is 0 Å². The molecule has 2 heteroatoms. The molecule has 1 aliphatic carbocycles. The molecular formula is C12H22OS. The number of hydrogen-bond donors (Lipinski definition) is 1. The molecule has 2 atom stereocenters. The number of thioether (sulfide) groups is 1. The molecule has 2 unspecified atom stereocenters. The van der Waals surface area contributed by atoms with Gasteiger partial charge in [0.25, 0.3) is 0 Å². The fourth-order valence-corrected chi connectivity index (χ4v) is 4.02. The van der Waals surface area contributed by atoms with Crippen molar-refractivity contribution in [1.29, 1.82) is 0 Å². The van der Waals surface area contributed by atoms with Crippen molar-refractivity contribution in [1.82, 2.24) is 0 Å². The van der Waals surface area contributed by atoms with E-state index in [9.17, 15) is 5.11 Å². The smallest absolute Gasteiger partial charge is 0.0663 e. The molecule has 0 aromatic heterocycles. The standard InChI is InChI=1S/C12H22OS/c1-12(6-4-7-12)9-10(13)11-5-2-3-8-14-11/h10-11,13H,2-9H2,1H3. The summed E-state index contributed by atoms with van der Waals surface area (Å²) in [7, 11) is 0. The molecule has 2 aliphatic rings. The van der Waals surface area contributed by atoms with E-state index >= 15 is 0 Å². The van der Waals surface area contributed by atoms with Gasteiger partial charge >= 0.3 is 0 Å². The highest BCUT2D eigenvalue weighted by Crippen LogP contribution is 2.45. The predicted molar refractivity (Wildman–Crippen MR) is 62.7 cm³/mol. The molecule has 0 spiro atoms. The molecule has 82 valence electrons. The fraction of sp³-hybridized carbons (Fsp3) is 1.00. The summed E-state index contributed by atoms with van der Waals surface area (Å²) in [4.78, 5) is 0. The van der Waals surface area contributed by atoms with Crippen molar-refractivity contribution in [2.24, 2.45) is 5.41 Å². The van der Waals surface area contributed by atoms with Gasteiger partial charge in [0.05, 0.1) is 6.10 Å². The minimum atomic E-state index is -0.0365. The first kappa shape index (κ1) is 10.8. The molecule has 0 aromatic carbocycles. The van der Waals surface area contributed by atoms with E-state index in [2.05, 4.69) is 6.92 Å². The molecule has 1 nitrogen and oxygen atoms in total. The third-order valence-electron chi connectivity index (χ3n) is 3.91. The molecule has 1 saturated heterocycles. The number of aliphatic hydroxyl groups excluding tert-OH is 1. The third-order valence-corrected chi connectivity index (χ3v) is 5.41. The molecule has 2 rings (SSSR count). The Kier molecular flexibility index (Phi) is 3.43. The fourth-order valence-electron chi connectivity index (χ4n) is 2.69. The first-order chi connectivity index (χ1) is 6.70. The second-order valence-corrected chi connectivity index (χ2v) is 6.69. The first-order valence-electron chi connectivity index (χ1n) is 5.99. The second kappa shape index (κ2) is 4.44. The van der Waals surface area contributed by atoms with E-state index < -0.39 is 0 Å². The van der Waals surface area contributed by atoms with Crippen LogP contribution in [0.1, 0.15) is 51.9 Å². The second-order valence-electron chi connectivity index (χ2n) is 5.34. The minimum Gasteiger partial charge on any atom is -0.392 e. The van der Waals surface area contributed by atoms with Gasteiger partial charge in [0.2, 0.25) is 0 Å². The molecule has 2 fully saturated rings. The zero-order valence-electron chi connectivity index (χ0n) is 9.17. The quantitative estimate of drug-likeness (QED) is 0.778. The van der Waals surface area contributed by atoms with E-state index in [1.165, 1.54) is 44.3 Å². The van der Waals surface area contributed by atoms with Crippen LogP contribution in [-0.4, -0.2) is 22.2 Å². The number of rotatable bonds is 3. The maximum atomic E-state index is 10.2. The van der Waals surface area contributed by atoms with E-state index in [1.807, 2.05) is 11.8 Å². The average molecular weight is 214 g/mol. The van der Waals surface area contributed by atoms with Crippen molar-refractivity contribution in [3.8, 4) is 0 Å². The summed E-state index contributed by atoms with van der Waals surface area (Å²) in [6.07, 6.45) is 8.97. The maximum absolute atomic E-state index is 10.2. The predicted octanol–water partition coefficient (Wildman–Crippen LogP) is 3.21. The van der Waals surface area contributed by atoms with E-state index in [4.69, 9.17) is 0 Å². The van der Waals surface area contributed by atoms with E-state index in [0.29, 0.717) is 10.7 Å². The van der Waals surface area contributed by atoms with Crippen LogP contribution in [0, 0.1) is 5.41 Å². The summed E-state index contributed by atoms with van der Waals surface area (Å²) < 4.78 is 0. The summed E-state index contributed by atoms with van der Waals surface area (Å²) >= 11 is 2.00. The van der Waals surface area contributed by atoms with E-state index in [1.54, 1.807) is 0 Å². The molecule has 0 bridgehead atoms. The van der Waals surface area contributed by atoms with Gasteiger partial charge in [-0.2, -0.15) is 11.8 Å². The molecular weight excluding hydrogens is 192 g/mol. The van der Waals surface area contributed by atoms with Crippen molar-refractivity contribution in [2.45, 2.75) is 63.2 Å². The van der Waals surface area contributed by atoms with Crippen LogP contribution in [0.25, 0.3) is 0 Å². The van der Waals surface area contributed by atoms with E-state index in [0.717, 1.165) is 6.42 Å². The summed E-state index contributed by atoms with van der Waals surface area (Å²) in [5, 5.41) is 10.7. The van der Waals surface area contributed by atoms with Crippen LogP contribution >= 0.6 is 11.8 Å². The number of aliphatic hydroxyl groups is 1. The highest BCUT2D eigenvalue weighted by molar-refractivity contribution is 8.00. The molecule has 0 aromatic rings. The van der Waals surface area contributed by atoms with Crippen LogP contribution in [0.4, 0.5) is 0 Å². The van der Waals surface area contributed by atoms with Gasteiger partial charge < -0.3 is 5.11 Å². The highest BCUT2D eigenvalue weighted by atomic mass is 32.2. The highest BCUT2D eigenvalue weighted by Gasteiger charge is 2.36. The Hall–Kier alpha value is 0.310. The first-order valence-corrected chi connectivity index (χ1v) is 7.04. The van der Waals surface area contributed by atoms with Gasteiger partial charge in [0.15, 0.2) is 0 Å². The largest absolute Gasteiger partial charge is 0.392 e. The summed E-state index contributed by atoms with van der Waals surface area (Å²) in [6, 6.07) is 0. The molecule has 0 amide bonds. The van der Waals surface area contributed by atoms with Gasteiger partial charge in [-0.05, 0) is 43.3 Å². The van der Waals surface area contributed by atoms with Crippen molar-refractivity contribution < 1.29 is 5.11 Å². The van der Waals surface area contributed by atoms with Crippen molar-refractivity contribution in [3.05, 3.63) is 0 Å². The summed E-state index contributed by atoms with van der Waals surface area (Å²) in [5.41, 5.74) is 0.484. The zero-order chi connectivity index (χ0) is 10.0. The number of hydrogen-bond acceptors (Lipinski definition) is 2. The molecule has 1 heterocycles. The Morgan fingerprint density at radius 2 is 2.14 bits per heavy atom. The zero-order valence-corrected chi connectivity index (χ0v) is 9.98. The lowest BCUT2D eigenvalue weighted by atomic mass is 9.67. The maximum Gasteiger partial charge on any atom is 0.0663 e. The molecule has 14 heavy (non-hydrogen) atoms. The topological polar surface area (TPSA) is 20.2 Å². The van der Waals surface area contributed by atoms with Crippen molar-refractivity contribution >= 4 is 11.8 Å². The minimum absolute atomic E-state index is 0.0365. The summed E-state index contributed by atoms with van der Waals surface area (Å²) in [5.74, 6) is 1.26. The third kappa shape index (κ3) is 2.46. The normalized spacial score (nSPS) is 33.4. The Balaban J connectivity index is 1.78. The lowest BCUT2D eigenvalue weighted by molar-refractivity contribution is 0.0521. The van der Waals surface area contributed by atoms with Gasteiger partial charge in [0.1, 0.15) is 0 Å². The molecule has 1 aliphatic heterocycles. The van der Waals surface area contributed by atoms with Crippen LogP contribution in [0.2, 0.25) is 0 Å². The SMILES string of the molecule is CC1(CC(O)C2CCCCS2)CCC1. The van der Waals surface area contributed by atoms with Gasteiger partial charge in [-0.15, -0.1) is 0 Å². The Labute approximate surface area is 91.7 Å². The van der Waals surface area contributed by atoms with Gasteiger partial charge in [-0.1, -0.05) is 19.8 Å². The Bertz CT molecular complexity index is 183. The average Bonchev–Trinajstić information content (AvgIpc) is 2.17. The van der Waals surface area contributed by atoms with Crippen molar-refractivity contribution in [3.63, 3.8) is 0 Å². The van der Waals surface area contributed by atoms with Crippen molar-refractivity contribution in [2.75, 3.05) is 5.75 Å². The lowest BCUT2D eigenvalue weighted by Gasteiger charge is -2.41. The van der Waals surface area contributed by atoms with E-state index in [-0.39, 0.29) is 6.10 Å². The van der Waals surface area contributed by atoms with Crippen LogP contribution in [0.5, 0.6) is 0 Å². The monoisotopic (exact) mass is 214 g/mol. The van der Waals surface area contributed by atoms with Crippen LogP contribution in [0.3, 0.4) is 0 Å².